The topological polar surface area (TPSA) is 47.8 Å². The molecule has 0 N–H and O–H groups in total. The maximum Gasteiger partial charge on any atom is 0.209 e. The van der Waals surface area contributed by atoms with Crippen LogP contribution in [0.25, 0.3) is 5.69 Å². The van der Waals surface area contributed by atoms with Gasteiger partial charge in [-0.3, -0.25) is 4.79 Å². The summed E-state index contributed by atoms with van der Waals surface area (Å²) >= 11 is 1.54. The van der Waals surface area contributed by atoms with E-state index in [1.807, 2.05) is 22.9 Å². The maximum absolute atomic E-state index is 11.8. The van der Waals surface area contributed by atoms with Crippen LogP contribution in [0.1, 0.15) is 43.8 Å². The van der Waals surface area contributed by atoms with Crippen molar-refractivity contribution in [3.63, 3.8) is 0 Å². The van der Waals surface area contributed by atoms with Gasteiger partial charge in [0.15, 0.2) is 0 Å². The maximum atomic E-state index is 11.8. The van der Waals surface area contributed by atoms with E-state index in [1.54, 1.807) is 11.8 Å². The lowest BCUT2D eigenvalue weighted by Gasteiger charge is -2.04. The number of carbonyl (C=O) groups excluding carboxylic acids is 1. The molecule has 2 aromatic rings. The fraction of sp³-hybridized carbons (Fsp3) is 0.438. The number of rotatable bonds is 4. The van der Waals surface area contributed by atoms with Crippen molar-refractivity contribution in [2.45, 2.75) is 48.4 Å². The Hall–Kier alpha value is -1.62. The van der Waals surface area contributed by atoms with Crippen LogP contribution in [0.2, 0.25) is 0 Å². The van der Waals surface area contributed by atoms with Crippen molar-refractivity contribution in [2.75, 3.05) is 0 Å². The lowest BCUT2D eigenvalue weighted by Crippen LogP contribution is -2.08. The second-order valence-electron chi connectivity index (χ2n) is 5.74. The molecule has 1 heterocycles. The zero-order valence-electron chi connectivity index (χ0n) is 11.7. The largest absolute Gasteiger partial charge is 0.298 e. The summed E-state index contributed by atoms with van der Waals surface area (Å²) in [4.78, 5) is 16.5. The number of para-hydroxylation sites is 1. The van der Waals surface area contributed by atoms with E-state index >= 15 is 0 Å². The van der Waals surface area contributed by atoms with Gasteiger partial charge in [0.25, 0.3) is 0 Å². The standard InChI is InChI=1S/C16H17N3OS/c20-13-7-4-8-14(13)21-16-17-15(11-9-10-11)19(18-16)12-5-2-1-3-6-12/h1-3,5-6,11,14H,4,7-10H2/t14-/m0/s1. The van der Waals surface area contributed by atoms with Crippen molar-refractivity contribution in [3.8, 4) is 5.69 Å². The van der Waals surface area contributed by atoms with Gasteiger partial charge in [-0.15, -0.1) is 5.10 Å². The highest BCUT2D eigenvalue weighted by Gasteiger charge is 2.32. The van der Waals surface area contributed by atoms with Gasteiger partial charge >= 0.3 is 0 Å². The highest BCUT2D eigenvalue weighted by atomic mass is 32.2. The highest BCUT2D eigenvalue weighted by Crippen LogP contribution is 2.41. The Balaban J connectivity index is 1.65. The number of hydrogen-bond donors (Lipinski definition) is 0. The smallest absolute Gasteiger partial charge is 0.209 e. The Kier molecular flexibility index (Phi) is 3.30. The molecule has 0 spiro atoms. The quantitative estimate of drug-likeness (QED) is 0.868. The molecule has 4 rings (SSSR count). The fourth-order valence-corrected chi connectivity index (χ4v) is 3.82. The number of hydrogen-bond acceptors (Lipinski definition) is 4. The Bertz CT molecular complexity index is 663. The average Bonchev–Trinajstić information content (AvgIpc) is 3.16. The number of aromatic nitrogens is 3. The first-order valence-corrected chi connectivity index (χ1v) is 8.41. The van der Waals surface area contributed by atoms with E-state index in [0.29, 0.717) is 18.1 Å². The molecule has 2 saturated carbocycles. The minimum atomic E-state index is 0.0590. The molecule has 1 atom stereocenters. The molecule has 0 radical (unpaired) electrons. The minimum absolute atomic E-state index is 0.0590. The third kappa shape index (κ3) is 2.62. The molecule has 0 aliphatic heterocycles. The predicted molar refractivity (Wildman–Crippen MR) is 81.8 cm³/mol. The molecule has 1 aromatic carbocycles. The van der Waals surface area contributed by atoms with Gasteiger partial charge in [-0.05, 0) is 37.8 Å². The molecule has 0 amide bonds. The molecular formula is C16H17N3OS. The summed E-state index contributed by atoms with van der Waals surface area (Å²) in [7, 11) is 0. The van der Waals surface area contributed by atoms with Crippen molar-refractivity contribution in [2.24, 2.45) is 0 Å². The van der Waals surface area contributed by atoms with Crippen LogP contribution in [-0.4, -0.2) is 25.8 Å². The van der Waals surface area contributed by atoms with Gasteiger partial charge in [0.1, 0.15) is 11.6 Å². The van der Waals surface area contributed by atoms with Crippen molar-refractivity contribution < 1.29 is 4.79 Å². The molecular weight excluding hydrogens is 282 g/mol. The predicted octanol–water partition coefficient (Wildman–Crippen LogP) is 3.36. The first-order chi connectivity index (χ1) is 10.3. The van der Waals surface area contributed by atoms with E-state index in [4.69, 9.17) is 4.98 Å². The van der Waals surface area contributed by atoms with Crippen LogP contribution in [0.4, 0.5) is 0 Å². The summed E-state index contributed by atoms with van der Waals surface area (Å²) in [6.07, 6.45) is 5.07. The van der Waals surface area contributed by atoms with Crippen LogP contribution in [0.15, 0.2) is 35.5 Å². The van der Waals surface area contributed by atoms with Gasteiger partial charge in [-0.1, -0.05) is 30.0 Å². The van der Waals surface area contributed by atoms with Gasteiger partial charge in [-0.25, -0.2) is 9.67 Å². The van der Waals surface area contributed by atoms with Crippen LogP contribution in [0, 0.1) is 0 Å². The monoisotopic (exact) mass is 299 g/mol. The number of benzene rings is 1. The third-order valence-corrected chi connectivity index (χ3v) is 5.22. The van der Waals surface area contributed by atoms with Crippen LogP contribution in [0.5, 0.6) is 0 Å². The summed E-state index contributed by atoms with van der Waals surface area (Å²) in [5, 5.41) is 5.47. The Morgan fingerprint density at radius 3 is 2.62 bits per heavy atom. The molecule has 108 valence electrons. The number of ketones is 1. The average molecular weight is 299 g/mol. The van der Waals surface area contributed by atoms with E-state index in [2.05, 4.69) is 17.2 Å². The number of Topliss-reactive ketones (excluding diaryl/α,β-unsaturated/α-hetero) is 1. The van der Waals surface area contributed by atoms with E-state index < -0.39 is 0 Å². The van der Waals surface area contributed by atoms with Crippen molar-refractivity contribution in [1.29, 1.82) is 0 Å². The summed E-state index contributed by atoms with van der Waals surface area (Å²) in [6.45, 7) is 0. The van der Waals surface area contributed by atoms with Crippen LogP contribution in [-0.2, 0) is 4.79 Å². The lowest BCUT2D eigenvalue weighted by molar-refractivity contribution is -0.116. The van der Waals surface area contributed by atoms with Crippen molar-refractivity contribution in [1.82, 2.24) is 14.8 Å². The van der Waals surface area contributed by atoms with E-state index in [9.17, 15) is 4.79 Å². The lowest BCUT2D eigenvalue weighted by atomic mass is 10.3. The van der Waals surface area contributed by atoms with Gasteiger partial charge in [-0.2, -0.15) is 0 Å². The molecule has 2 fully saturated rings. The first kappa shape index (κ1) is 13.1. The second-order valence-corrected chi connectivity index (χ2v) is 6.91. The number of nitrogens with zero attached hydrogens (tertiary/aromatic N) is 3. The molecule has 0 bridgehead atoms. The van der Waals surface area contributed by atoms with Crippen LogP contribution in [0.3, 0.4) is 0 Å². The molecule has 2 aliphatic rings. The molecule has 0 unspecified atom stereocenters. The molecule has 21 heavy (non-hydrogen) atoms. The summed E-state index contributed by atoms with van der Waals surface area (Å²) in [5.74, 6) is 1.93. The summed E-state index contributed by atoms with van der Waals surface area (Å²) < 4.78 is 1.96. The fourth-order valence-electron chi connectivity index (χ4n) is 2.75. The minimum Gasteiger partial charge on any atom is -0.298 e. The molecule has 4 nitrogen and oxygen atoms in total. The Labute approximate surface area is 128 Å². The Morgan fingerprint density at radius 2 is 1.95 bits per heavy atom. The van der Waals surface area contributed by atoms with E-state index in [-0.39, 0.29) is 5.25 Å². The first-order valence-electron chi connectivity index (χ1n) is 7.53. The van der Waals surface area contributed by atoms with Crippen molar-refractivity contribution in [3.05, 3.63) is 36.2 Å². The second kappa shape index (κ2) is 5.30. The molecule has 5 heteroatoms. The van der Waals surface area contributed by atoms with Crippen LogP contribution < -0.4 is 0 Å². The number of thioether (sulfide) groups is 1. The molecule has 0 saturated heterocycles. The van der Waals surface area contributed by atoms with E-state index in [1.165, 1.54) is 12.8 Å². The van der Waals surface area contributed by atoms with Gasteiger partial charge in [0.2, 0.25) is 5.16 Å². The zero-order valence-corrected chi connectivity index (χ0v) is 12.6. The van der Waals surface area contributed by atoms with Crippen LogP contribution >= 0.6 is 11.8 Å². The Morgan fingerprint density at radius 1 is 1.14 bits per heavy atom. The van der Waals surface area contributed by atoms with Gasteiger partial charge in [0.05, 0.1) is 10.9 Å². The molecule has 1 aromatic heterocycles. The van der Waals surface area contributed by atoms with E-state index in [0.717, 1.165) is 29.5 Å². The highest BCUT2D eigenvalue weighted by molar-refractivity contribution is 8.00. The molecule has 2 aliphatic carbocycles. The van der Waals surface area contributed by atoms with Gasteiger partial charge in [0, 0.05) is 12.3 Å². The van der Waals surface area contributed by atoms with Gasteiger partial charge < -0.3 is 0 Å². The zero-order chi connectivity index (χ0) is 14.2. The van der Waals surface area contributed by atoms with Crippen molar-refractivity contribution >= 4 is 17.5 Å². The third-order valence-electron chi connectivity index (χ3n) is 4.05. The normalized spacial score (nSPS) is 21.9. The SMILES string of the molecule is O=C1CCC[C@@H]1Sc1nc(C2CC2)n(-c2ccccc2)n1. The number of carbonyl (C=O) groups is 1. The summed E-state index contributed by atoms with van der Waals surface area (Å²) in [6, 6.07) is 10.1. The summed E-state index contributed by atoms with van der Waals surface area (Å²) in [5.41, 5.74) is 1.05.